The van der Waals surface area contributed by atoms with Crippen LogP contribution in [0.3, 0.4) is 0 Å². The first-order chi connectivity index (χ1) is 12.5. The van der Waals surface area contributed by atoms with E-state index in [0.717, 1.165) is 0 Å². The van der Waals surface area contributed by atoms with Gasteiger partial charge in [-0.2, -0.15) is 0 Å². The highest BCUT2D eigenvalue weighted by molar-refractivity contribution is 6.46. The lowest BCUT2D eigenvalue weighted by Crippen LogP contribution is -2.33. The highest BCUT2D eigenvalue weighted by atomic mass is 35.5. The van der Waals surface area contributed by atoms with Crippen molar-refractivity contribution < 1.29 is 19.4 Å². The first-order valence-electron chi connectivity index (χ1n) is 7.98. The van der Waals surface area contributed by atoms with Gasteiger partial charge in [0.25, 0.3) is 11.7 Å². The molecule has 1 unspecified atom stereocenters. The zero-order valence-electron chi connectivity index (χ0n) is 14.1. The van der Waals surface area contributed by atoms with Gasteiger partial charge in [0, 0.05) is 30.4 Å². The van der Waals surface area contributed by atoms with Gasteiger partial charge >= 0.3 is 0 Å². The van der Waals surface area contributed by atoms with Gasteiger partial charge in [-0.05, 0) is 36.4 Å². The first-order valence-corrected chi connectivity index (χ1v) is 8.36. The number of hydrogen-bond donors (Lipinski definition) is 1. The Morgan fingerprint density at radius 1 is 1.23 bits per heavy atom. The molecule has 1 N–H and O–H groups in total. The number of Topliss-reactive ketones (excluding diaryl/α,β-unsaturated/α-hetero) is 1. The number of hydrogen-bond acceptors (Lipinski definition) is 5. The van der Waals surface area contributed by atoms with Crippen molar-refractivity contribution in [1.29, 1.82) is 0 Å². The average molecular weight is 373 g/mol. The fourth-order valence-electron chi connectivity index (χ4n) is 2.91. The van der Waals surface area contributed by atoms with Crippen LogP contribution in [0.2, 0.25) is 5.02 Å². The van der Waals surface area contributed by atoms with E-state index in [1.165, 1.54) is 12.0 Å². The molecule has 0 bridgehead atoms. The smallest absolute Gasteiger partial charge is 0.295 e. The van der Waals surface area contributed by atoms with E-state index >= 15 is 0 Å². The Bertz CT molecular complexity index is 850. The maximum absolute atomic E-state index is 12.6. The predicted molar refractivity (Wildman–Crippen MR) is 96.6 cm³/mol. The van der Waals surface area contributed by atoms with E-state index in [1.807, 2.05) is 0 Å². The Morgan fingerprint density at radius 3 is 2.58 bits per heavy atom. The molecule has 3 rings (SSSR count). The number of benzene rings is 1. The molecule has 1 fully saturated rings. The van der Waals surface area contributed by atoms with Crippen molar-refractivity contribution in [3.8, 4) is 0 Å². The van der Waals surface area contributed by atoms with Crippen molar-refractivity contribution in [3.05, 3.63) is 70.5 Å². The number of halogens is 1. The van der Waals surface area contributed by atoms with Gasteiger partial charge in [-0.15, -0.1) is 0 Å². The van der Waals surface area contributed by atoms with Crippen molar-refractivity contribution in [2.24, 2.45) is 0 Å². The SMILES string of the molecule is COCCN1C(=O)C(=O)/C(=C(\O)c2ccc(Cl)cc2)C1c1ccccn1. The fourth-order valence-corrected chi connectivity index (χ4v) is 3.03. The van der Waals surface area contributed by atoms with E-state index in [9.17, 15) is 14.7 Å². The molecule has 7 heteroatoms. The molecule has 1 amide bonds. The third kappa shape index (κ3) is 3.34. The summed E-state index contributed by atoms with van der Waals surface area (Å²) in [5, 5.41) is 11.3. The monoisotopic (exact) mass is 372 g/mol. The molecule has 0 aliphatic carbocycles. The summed E-state index contributed by atoms with van der Waals surface area (Å²) in [5.74, 6) is -1.69. The Morgan fingerprint density at radius 2 is 1.96 bits per heavy atom. The number of amides is 1. The standard InChI is InChI=1S/C19H17ClN2O4/c1-26-11-10-22-16(14-4-2-3-9-21-14)15(18(24)19(22)25)17(23)12-5-7-13(20)8-6-12/h2-9,16,23H,10-11H2,1H3/b17-15-. The number of aromatic nitrogens is 1. The molecule has 26 heavy (non-hydrogen) atoms. The second-order valence-corrected chi connectivity index (χ2v) is 6.18. The van der Waals surface area contributed by atoms with Crippen molar-refractivity contribution in [3.63, 3.8) is 0 Å². The molecule has 0 radical (unpaired) electrons. The second-order valence-electron chi connectivity index (χ2n) is 5.75. The second kappa shape index (κ2) is 7.68. The van der Waals surface area contributed by atoms with E-state index in [0.29, 0.717) is 16.3 Å². The molecule has 0 saturated carbocycles. The summed E-state index contributed by atoms with van der Waals surface area (Å²) < 4.78 is 5.05. The Labute approximate surface area is 155 Å². The van der Waals surface area contributed by atoms with Crippen LogP contribution >= 0.6 is 11.6 Å². The number of nitrogens with zero attached hydrogens (tertiary/aromatic N) is 2. The van der Waals surface area contributed by atoms with Crippen molar-refractivity contribution in [2.75, 3.05) is 20.3 Å². The van der Waals surface area contributed by atoms with Gasteiger partial charge in [-0.1, -0.05) is 17.7 Å². The molecule has 1 saturated heterocycles. The molecule has 2 aromatic rings. The van der Waals surface area contributed by atoms with Crippen LogP contribution in [0.15, 0.2) is 54.2 Å². The topological polar surface area (TPSA) is 79.7 Å². The lowest BCUT2D eigenvalue weighted by molar-refractivity contribution is -0.140. The van der Waals surface area contributed by atoms with Gasteiger partial charge in [0.2, 0.25) is 0 Å². The van der Waals surface area contributed by atoms with Crippen LogP contribution in [-0.4, -0.2) is 46.9 Å². The van der Waals surface area contributed by atoms with Gasteiger partial charge in [0.15, 0.2) is 0 Å². The first kappa shape index (κ1) is 18.1. The molecule has 1 aromatic carbocycles. The number of aliphatic hydroxyl groups excluding tert-OH is 1. The Kier molecular flexibility index (Phi) is 5.35. The highest BCUT2D eigenvalue weighted by Crippen LogP contribution is 2.38. The van der Waals surface area contributed by atoms with Gasteiger partial charge in [0.05, 0.1) is 17.9 Å². The number of methoxy groups -OCH3 is 1. The number of carbonyl (C=O) groups excluding carboxylic acids is 2. The zero-order chi connectivity index (χ0) is 18.7. The van der Waals surface area contributed by atoms with Crippen LogP contribution in [0.25, 0.3) is 5.76 Å². The van der Waals surface area contributed by atoms with Gasteiger partial charge in [0.1, 0.15) is 11.8 Å². The average Bonchev–Trinajstić information content (AvgIpc) is 2.91. The number of likely N-dealkylation sites (tertiary alicyclic amines) is 1. The zero-order valence-corrected chi connectivity index (χ0v) is 14.8. The lowest BCUT2D eigenvalue weighted by atomic mass is 9.98. The molecule has 1 aromatic heterocycles. The van der Waals surface area contributed by atoms with Crippen molar-refractivity contribution >= 4 is 29.1 Å². The number of ketones is 1. The van der Waals surface area contributed by atoms with Crippen LogP contribution < -0.4 is 0 Å². The van der Waals surface area contributed by atoms with Crippen molar-refractivity contribution in [2.45, 2.75) is 6.04 Å². The summed E-state index contributed by atoms with van der Waals surface area (Å²) in [6, 6.07) is 10.8. The molecule has 6 nitrogen and oxygen atoms in total. The number of ether oxygens (including phenoxy) is 1. The third-order valence-corrected chi connectivity index (χ3v) is 4.41. The van der Waals surface area contributed by atoms with Crippen LogP contribution in [0.5, 0.6) is 0 Å². The molecule has 0 spiro atoms. The summed E-state index contributed by atoms with van der Waals surface area (Å²) in [4.78, 5) is 30.8. The summed E-state index contributed by atoms with van der Waals surface area (Å²) in [7, 11) is 1.51. The molecule has 1 aliphatic rings. The number of carbonyl (C=O) groups is 2. The summed E-state index contributed by atoms with van der Waals surface area (Å²) >= 11 is 5.88. The fraction of sp³-hybridized carbons (Fsp3) is 0.211. The van der Waals surface area contributed by atoms with Crippen molar-refractivity contribution in [1.82, 2.24) is 9.88 Å². The normalized spacial score (nSPS) is 19.2. The third-order valence-electron chi connectivity index (χ3n) is 4.16. The number of rotatable bonds is 5. The molecular weight excluding hydrogens is 356 g/mol. The van der Waals surface area contributed by atoms with Crippen LogP contribution in [0, 0.1) is 0 Å². The maximum atomic E-state index is 12.6. The minimum atomic E-state index is -0.776. The van der Waals surface area contributed by atoms with Crippen LogP contribution in [-0.2, 0) is 14.3 Å². The Hall–Kier alpha value is -2.70. The highest BCUT2D eigenvalue weighted by Gasteiger charge is 2.46. The molecule has 1 aliphatic heterocycles. The summed E-state index contributed by atoms with van der Waals surface area (Å²) in [6.07, 6.45) is 1.58. The van der Waals surface area contributed by atoms with E-state index in [2.05, 4.69) is 4.98 Å². The number of aliphatic hydroxyl groups is 1. The van der Waals surface area contributed by atoms with Gasteiger partial charge in [-0.25, -0.2) is 0 Å². The van der Waals surface area contributed by atoms with Crippen LogP contribution in [0.4, 0.5) is 0 Å². The minimum absolute atomic E-state index is 0.00660. The molecular formula is C19H17ClN2O4. The van der Waals surface area contributed by atoms with Crippen LogP contribution in [0.1, 0.15) is 17.3 Å². The van der Waals surface area contributed by atoms with Gasteiger partial charge in [-0.3, -0.25) is 14.6 Å². The lowest BCUT2D eigenvalue weighted by Gasteiger charge is -2.24. The number of pyridine rings is 1. The molecule has 2 heterocycles. The minimum Gasteiger partial charge on any atom is -0.507 e. The maximum Gasteiger partial charge on any atom is 0.295 e. The predicted octanol–water partition coefficient (Wildman–Crippen LogP) is 2.80. The molecule has 134 valence electrons. The largest absolute Gasteiger partial charge is 0.507 e. The van der Waals surface area contributed by atoms with E-state index in [1.54, 1.807) is 48.7 Å². The quantitative estimate of drug-likeness (QED) is 0.496. The van der Waals surface area contributed by atoms with E-state index < -0.39 is 17.7 Å². The van der Waals surface area contributed by atoms with E-state index in [-0.39, 0.29) is 24.5 Å². The summed E-state index contributed by atoms with van der Waals surface area (Å²) in [5.41, 5.74) is 0.908. The van der Waals surface area contributed by atoms with Gasteiger partial charge < -0.3 is 14.7 Å². The van der Waals surface area contributed by atoms with E-state index in [4.69, 9.17) is 16.3 Å². The Balaban J connectivity index is 2.14. The molecule has 1 atom stereocenters. The summed E-state index contributed by atoms with van der Waals surface area (Å²) in [6.45, 7) is 0.469.